The molecule has 4 heteroatoms. The molecule has 0 heterocycles. The maximum Gasteiger partial charge on any atom is 0.433 e. The van der Waals surface area contributed by atoms with Crippen LogP contribution in [0.3, 0.4) is 0 Å². The third kappa shape index (κ3) is 5.22. The predicted octanol–water partition coefficient (Wildman–Crippen LogP) is 3.49. The summed E-state index contributed by atoms with van der Waals surface area (Å²) in [5.41, 5.74) is -0.840. The number of hydrogen-bond acceptors (Lipinski definition) is 1. The molecule has 0 radical (unpaired) electrons. The Morgan fingerprint density at radius 3 is 2.38 bits per heavy atom. The molecule has 0 bridgehead atoms. The van der Waals surface area contributed by atoms with Crippen molar-refractivity contribution in [2.45, 2.75) is 26.4 Å². The smallest absolute Gasteiger partial charge is 0.252 e. The number of allylic oxidation sites excluding steroid dienone is 4. The molecule has 0 aliphatic rings. The predicted molar refractivity (Wildman–Crippen MR) is 47.7 cm³/mol. The Labute approximate surface area is 75.7 Å². The zero-order chi connectivity index (χ0) is 10.3. The molecule has 0 amide bonds. The van der Waals surface area contributed by atoms with E-state index in [0.29, 0.717) is 6.42 Å². The van der Waals surface area contributed by atoms with Crippen LogP contribution in [0.4, 0.5) is 13.2 Å². The molecule has 0 spiro atoms. The number of nitrogens with zero attached hydrogens (tertiary/aromatic N) is 1. The van der Waals surface area contributed by atoms with E-state index in [4.69, 9.17) is 0 Å². The highest BCUT2D eigenvalue weighted by Gasteiger charge is 2.32. The van der Waals surface area contributed by atoms with Gasteiger partial charge in [0.15, 0.2) is 0 Å². The molecule has 0 aromatic rings. The van der Waals surface area contributed by atoms with Gasteiger partial charge in [0, 0.05) is 6.21 Å². The van der Waals surface area contributed by atoms with Crippen LogP contribution in [0.1, 0.15) is 20.3 Å². The highest BCUT2D eigenvalue weighted by atomic mass is 19.4. The van der Waals surface area contributed by atoms with Crippen LogP contribution in [0, 0.1) is 0 Å². The fourth-order valence-corrected chi connectivity index (χ4v) is 0.644. The highest BCUT2D eigenvalue weighted by molar-refractivity contribution is 5.72. The topological polar surface area (TPSA) is 12.4 Å². The Hall–Kier alpha value is -1.06. The van der Waals surface area contributed by atoms with Crippen LogP contribution < -0.4 is 0 Å². The summed E-state index contributed by atoms with van der Waals surface area (Å²) in [5, 5.41) is 0. The van der Waals surface area contributed by atoms with Crippen molar-refractivity contribution >= 4 is 6.21 Å². The van der Waals surface area contributed by atoms with E-state index >= 15 is 0 Å². The van der Waals surface area contributed by atoms with Gasteiger partial charge in [0.1, 0.15) is 5.70 Å². The first-order valence-electron chi connectivity index (χ1n) is 3.95. The lowest BCUT2D eigenvalue weighted by Crippen LogP contribution is -2.10. The quantitative estimate of drug-likeness (QED) is 0.605. The van der Waals surface area contributed by atoms with E-state index in [1.807, 2.05) is 0 Å². The number of aliphatic imine (C=N–C) groups is 1. The summed E-state index contributed by atoms with van der Waals surface area (Å²) in [4.78, 5) is 3.30. The molecule has 1 nitrogen and oxygen atoms in total. The normalized spacial score (nSPS) is 14.7. The van der Waals surface area contributed by atoms with Crippen LogP contribution in [0.5, 0.6) is 0 Å². The minimum absolute atomic E-state index is 0.321. The third-order valence-electron chi connectivity index (χ3n) is 1.18. The van der Waals surface area contributed by atoms with Crippen molar-refractivity contribution in [2.75, 3.05) is 0 Å². The molecule has 0 saturated heterocycles. The molecule has 0 aromatic carbocycles. The fraction of sp³-hybridized carbons (Fsp3) is 0.444. The number of halogens is 3. The molecule has 0 rings (SSSR count). The third-order valence-corrected chi connectivity index (χ3v) is 1.18. The van der Waals surface area contributed by atoms with E-state index in [0.717, 1.165) is 12.3 Å². The first kappa shape index (κ1) is 11.9. The van der Waals surface area contributed by atoms with Crippen LogP contribution in [0.2, 0.25) is 0 Å². The lowest BCUT2D eigenvalue weighted by atomic mass is 10.3. The summed E-state index contributed by atoms with van der Waals surface area (Å²) in [7, 11) is 0. The van der Waals surface area contributed by atoms with Gasteiger partial charge in [-0.3, -0.25) is 4.99 Å². The molecule has 0 fully saturated rings. The molecular formula is C9H12F3N. The van der Waals surface area contributed by atoms with Gasteiger partial charge in [0.2, 0.25) is 0 Å². The maximum atomic E-state index is 12.1. The summed E-state index contributed by atoms with van der Waals surface area (Å²) >= 11 is 0. The van der Waals surface area contributed by atoms with E-state index in [9.17, 15) is 13.2 Å². The van der Waals surface area contributed by atoms with E-state index < -0.39 is 11.9 Å². The molecule has 74 valence electrons. The molecule has 0 atom stereocenters. The number of hydrogen-bond donors (Lipinski definition) is 0. The minimum Gasteiger partial charge on any atom is -0.252 e. The Morgan fingerprint density at radius 1 is 1.38 bits per heavy atom. The van der Waals surface area contributed by atoms with Crippen molar-refractivity contribution in [3.05, 3.63) is 23.9 Å². The summed E-state index contributed by atoms with van der Waals surface area (Å²) in [5.74, 6) is 0. The second kappa shape index (κ2) is 5.56. The van der Waals surface area contributed by atoms with Gasteiger partial charge in [-0.15, -0.1) is 0 Å². The zero-order valence-electron chi connectivity index (χ0n) is 7.60. The minimum atomic E-state index is -4.35. The molecule has 0 aromatic heterocycles. The first-order chi connectivity index (χ1) is 6.02. The standard InChI is InChI=1S/C9H12F3N/c1-3-5-7-13-8(6-4-2)9(10,11)12/h3,5-7H,4H2,1-2H3/b5-3-,8-6+,13-7-. The van der Waals surface area contributed by atoms with Crippen molar-refractivity contribution < 1.29 is 13.2 Å². The monoisotopic (exact) mass is 191 g/mol. The van der Waals surface area contributed by atoms with Crippen LogP contribution >= 0.6 is 0 Å². The van der Waals surface area contributed by atoms with Crippen molar-refractivity contribution in [3.63, 3.8) is 0 Å². The van der Waals surface area contributed by atoms with Crippen molar-refractivity contribution in [3.8, 4) is 0 Å². The average Bonchev–Trinajstić information content (AvgIpc) is 2.01. The molecule has 0 aliphatic carbocycles. The van der Waals surface area contributed by atoms with Crippen molar-refractivity contribution in [1.82, 2.24) is 0 Å². The van der Waals surface area contributed by atoms with Gasteiger partial charge in [-0.05, 0) is 19.4 Å². The van der Waals surface area contributed by atoms with E-state index in [2.05, 4.69) is 4.99 Å². The lowest BCUT2D eigenvalue weighted by molar-refractivity contribution is -0.0925. The Balaban J connectivity index is 4.55. The SMILES string of the molecule is C\C=C/C=N\C(=C\CC)C(F)(F)F. The summed E-state index contributed by atoms with van der Waals surface area (Å²) in [6, 6.07) is 0. The van der Waals surface area contributed by atoms with Gasteiger partial charge in [0.25, 0.3) is 0 Å². The van der Waals surface area contributed by atoms with E-state index in [-0.39, 0.29) is 0 Å². The molecule has 13 heavy (non-hydrogen) atoms. The molecule has 0 saturated carbocycles. The molecule has 0 unspecified atom stereocenters. The lowest BCUT2D eigenvalue weighted by Gasteiger charge is -2.05. The summed E-state index contributed by atoms with van der Waals surface area (Å²) in [6.45, 7) is 3.35. The average molecular weight is 191 g/mol. The first-order valence-corrected chi connectivity index (χ1v) is 3.95. The summed E-state index contributed by atoms with van der Waals surface area (Å²) in [6.07, 6.45) is 1.23. The molecule has 0 N–H and O–H groups in total. The largest absolute Gasteiger partial charge is 0.433 e. The van der Waals surface area contributed by atoms with Gasteiger partial charge < -0.3 is 0 Å². The second-order valence-electron chi connectivity index (χ2n) is 2.30. The Kier molecular flexibility index (Phi) is 5.11. The zero-order valence-corrected chi connectivity index (χ0v) is 7.60. The van der Waals surface area contributed by atoms with E-state index in [1.165, 1.54) is 6.08 Å². The number of rotatable bonds is 3. The highest BCUT2D eigenvalue weighted by Crippen LogP contribution is 2.26. The van der Waals surface area contributed by atoms with Crippen molar-refractivity contribution in [1.29, 1.82) is 0 Å². The molecule has 0 aliphatic heterocycles. The van der Waals surface area contributed by atoms with Gasteiger partial charge >= 0.3 is 6.18 Å². The van der Waals surface area contributed by atoms with Gasteiger partial charge in [0.05, 0.1) is 0 Å². The van der Waals surface area contributed by atoms with Gasteiger partial charge in [-0.2, -0.15) is 13.2 Å². The fourth-order valence-electron chi connectivity index (χ4n) is 0.644. The van der Waals surface area contributed by atoms with Crippen LogP contribution in [-0.4, -0.2) is 12.4 Å². The Bertz CT molecular complexity index is 224. The molecular weight excluding hydrogens is 179 g/mol. The maximum absolute atomic E-state index is 12.1. The van der Waals surface area contributed by atoms with Crippen LogP contribution in [0.15, 0.2) is 28.9 Å². The Morgan fingerprint density at radius 2 is 2.00 bits per heavy atom. The van der Waals surface area contributed by atoms with Gasteiger partial charge in [-0.25, -0.2) is 0 Å². The van der Waals surface area contributed by atoms with Crippen molar-refractivity contribution in [2.24, 2.45) is 4.99 Å². The van der Waals surface area contributed by atoms with E-state index in [1.54, 1.807) is 19.9 Å². The van der Waals surface area contributed by atoms with Crippen LogP contribution in [0.25, 0.3) is 0 Å². The van der Waals surface area contributed by atoms with Crippen LogP contribution in [-0.2, 0) is 0 Å². The van der Waals surface area contributed by atoms with Gasteiger partial charge in [-0.1, -0.05) is 19.1 Å². The summed E-state index contributed by atoms with van der Waals surface area (Å²) < 4.78 is 36.4. The number of alkyl halides is 3. The second-order valence-corrected chi connectivity index (χ2v) is 2.30.